The van der Waals surface area contributed by atoms with Crippen molar-refractivity contribution in [2.45, 2.75) is 6.92 Å². The van der Waals surface area contributed by atoms with E-state index in [0.717, 1.165) is 5.69 Å². The van der Waals surface area contributed by atoms with Gasteiger partial charge >= 0.3 is 0 Å². The minimum Gasteiger partial charge on any atom is -0.497 e. The first-order chi connectivity index (χ1) is 10.2. The number of nitriles is 1. The molecule has 0 aliphatic rings. The summed E-state index contributed by atoms with van der Waals surface area (Å²) in [5.41, 5.74) is 4.51. The second-order valence-electron chi connectivity index (χ2n) is 4.01. The third-order valence-corrected chi connectivity index (χ3v) is 3.36. The Morgan fingerprint density at radius 1 is 1.52 bits per heavy atom. The van der Waals surface area contributed by atoms with Gasteiger partial charge in [-0.3, -0.25) is 5.43 Å². The molecule has 21 heavy (non-hydrogen) atoms. The summed E-state index contributed by atoms with van der Waals surface area (Å²) in [5, 5.41) is 15.4. The van der Waals surface area contributed by atoms with Crippen molar-refractivity contribution in [1.29, 1.82) is 5.26 Å². The minimum atomic E-state index is -0.0216. The quantitative estimate of drug-likeness (QED) is 0.655. The molecule has 0 fully saturated rings. The van der Waals surface area contributed by atoms with Crippen molar-refractivity contribution in [1.82, 2.24) is 4.98 Å². The molecule has 0 aliphatic carbocycles. The molecule has 0 spiro atoms. The third-order valence-electron chi connectivity index (χ3n) is 2.49. The van der Waals surface area contributed by atoms with Gasteiger partial charge in [0.1, 0.15) is 17.6 Å². The highest BCUT2D eigenvalue weighted by atomic mass is 32.1. The van der Waals surface area contributed by atoms with Crippen LogP contribution in [0.3, 0.4) is 0 Å². The number of benzene rings is 1. The lowest BCUT2D eigenvalue weighted by Gasteiger charge is -2.07. The molecule has 0 saturated carbocycles. The Hall–Kier alpha value is -2.59. The fraction of sp³-hybridized carbons (Fsp3) is 0.214. The van der Waals surface area contributed by atoms with Crippen LogP contribution in [0.5, 0.6) is 11.5 Å². The summed E-state index contributed by atoms with van der Waals surface area (Å²) in [5.74, 6) is 1.25. The number of hydrazone groups is 1. The molecule has 0 unspecified atom stereocenters. The maximum Gasteiger partial charge on any atom is 0.203 e. The Bertz CT molecular complexity index is 676. The number of hydrogen-bond acceptors (Lipinski definition) is 7. The number of thiazole rings is 1. The standard InChI is InChI=1S/C14H14N4O2S/c1-10-9-21-14(17-10)18-16-8-11-7-12(19-2)3-4-13(11)20-6-5-15/h3-4,7-9H,6H2,1-2H3,(H,17,18). The normalized spacial score (nSPS) is 10.3. The largest absolute Gasteiger partial charge is 0.497 e. The summed E-state index contributed by atoms with van der Waals surface area (Å²) in [4.78, 5) is 4.24. The highest BCUT2D eigenvalue weighted by Gasteiger charge is 2.04. The molecule has 1 N–H and O–H groups in total. The van der Waals surface area contributed by atoms with E-state index in [1.54, 1.807) is 31.5 Å². The molecule has 0 atom stereocenters. The molecule has 1 aromatic carbocycles. The van der Waals surface area contributed by atoms with Crippen LogP contribution in [0.15, 0.2) is 28.7 Å². The Morgan fingerprint density at radius 2 is 2.38 bits per heavy atom. The molecule has 108 valence electrons. The average molecular weight is 302 g/mol. The predicted molar refractivity (Wildman–Crippen MR) is 82.2 cm³/mol. The Kier molecular flexibility index (Phi) is 5.12. The van der Waals surface area contributed by atoms with Crippen LogP contribution >= 0.6 is 11.3 Å². The highest BCUT2D eigenvalue weighted by Crippen LogP contribution is 2.23. The fourth-order valence-corrected chi connectivity index (χ4v) is 2.20. The molecular formula is C14H14N4O2S. The van der Waals surface area contributed by atoms with Gasteiger partial charge in [0, 0.05) is 10.9 Å². The number of aryl methyl sites for hydroxylation is 1. The predicted octanol–water partition coefficient (Wildman–Crippen LogP) is 2.81. The van der Waals surface area contributed by atoms with Crippen molar-refractivity contribution < 1.29 is 9.47 Å². The first kappa shape index (κ1) is 14.8. The average Bonchev–Trinajstić information content (AvgIpc) is 2.91. The number of aromatic nitrogens is 1. The molecule has 0 saturated heterocycles. The molecule has 0 bridgehead atoms. The number of nitrogens with zero attached hydrogens (tertiary/aromatic N) is 3. The zero-order valence-electron chi connectivity index (χ0n) is 11.7. The second kappa shape index (κ2) is 7.26. The number of rotatable bonds is 6. The highest BCUT2D eigenvalue weighted by molar-refractivity contribution is 7.13. The van der Waals surface area contributed by atoms with Crippen molar-refractivity contribution in [3.05, 3.63) is 34.8 Å². The summed E-state index contributed by atoms with van der Waals surface area (Å²) in [6.07, 6.45) is 1.60. The fourth-order valence-electron chi connectivity index (χ4n) is 1.56. The molecule has 1 aromatic heterocycles. The number of nitrogens with one attached hydrogen (secondary N) is 1. The van der Waals surface area contributed by atoms with E-state index in [4.69, 9.17) is 14.7 Å². The van der Waals surface area contributed by atoms with Gasteiger partial charge in [0.2, 0.25) is 5.13 Å². The lowest BCUT2D eigenvalue weighted by atomic mass is 10.2. The molecule has 2 rings (SSSR count). The van der Waals surface area contributed by atoms with Gasteiger partial charge in [0.15, 0.2) is 6.61 Å². The monoisotopic (exact) mass is 302 g/mol. The number of anilines is 1. The van der Waals surface area contributed by atoms with Gasteiger partial charge in [-0.05, 0) is 25.1 Å². The molecule has 0 radical (unpaired) electrons. The zero-order valence-corrected chi connectivity index (χ0v) is 12.5. The Morgan fingerprint density at radius 3 is 3.05 bits per heavy atom. The van der Waals surface area contributed by atoms with Crippen LogP contribution in [0.25, 0.3) is 0 Å². The summed E-state index contributed by atoms with van der Waals surface area (Å²) in [6, 6.07) is 7.22. The van der Waals surface area contributed by atoms with Crippen LogP contribution in [0.2, 0.25) is 0 Å². The minimum absolute atomic E-state index is 0.0216. The first-order valence-electron chi connectivity index (χ1n) is 6.12. The van der Waals surface area contributed by atoms with Crippen molar-refractivity contribution >= 4 is 22.7 Å². The van der Waals surface area contributed by atoms with Gasteiger partial charge in [-0.25, -0.2) is 4.98 Å². The van der Waals surface area contributed by atoms with Gasteiger partial charge in [0.05, 0.1) is 19.0 Å². The van der Waals surface area contributed by atoms with Crippen molar-refractivity contribution in [3.8, 4) is 17.6 Å². The molecule has 1 heterocycles. The van der Waals surface area contributed by atoms with Crippen LogP contribution in [0.1, 0.15) is 11.3 Å². The van der Waals surface area contributed by atoms with Gasteiger partial charge in [0.25, 0.3) is 0 Å². The van der Waals surface area contributed by atoms with Crippen LogP contribution in [-0.4, -0.2) is 24.9 Å². The van der Waals surface area contributed by atoms with E-state index >= 15 is 0 Å². The van der Waals surface area contributed by atoms with Crippen molar-refractivity contribution in [2.75, 3.05) is 19.1 Å². The molecular weight excluding hydrogens is 288 g/mol. The molecule has 6 nitrogen and oxygen atoms in total. The summed E-state index contributed by atoms with van der Waals surface area (Å²) in [6.45, 7) is 1.90. The van der Waals surface area contributed by atoms with Crippen molar-refractivity contribution in [3.63, 3.8) is 0 Å². The van der Waals surface area contributed by atoms with Gasteiger partial charge in [-0.2, -0.15) is 10.4 Å². The molecule has 0 aliphatic heterocycles. The number of hydrogen-bond donors (Lipinski definition) is 1. The Balaban J connectivity index is 2.14. The van der Waals surface area contributed by atoms with Gasteiger partial charge in [-0.15, -0.1) is 11.3 Å². The van der Waals surface area contributed by atoms with Gasteiger partial charge < -0.3 is 9.47 Å². The molecule has 2 aromatic rings. The van der Waals surface area contributed by atoms with E-state index in [1.807, 2.05) is 18.4 Å². The van der Waals surface area contributed by atoms with E-state index < -0.39 is 0 Å². The van der Waals surface area contributed by atoms with E-state index in [-0.39, 0.29) is 6.61 Å². The second-order valence-corrected chi connectivity index (χ2v) is 4.87. The topological polar surface area (TPSA) is 79.5 Å². The van der Waals surface area contributed by atoms with E-state index in [9.17, 15) is 0 Å². The molecule has 7 heteroatoms. The van der Waals surface area contributed by atoms with Crippen LogP contribution in [0.4, 0.5) is 5.13 Å². The maximum atomic E-state index is 8.59. The zero-order chi connectivity index (χ0) is 15.1. The Labute approximate surface area is 126 Å². The smallest absolute Gasteiger partial charge is 0.203 e. The van der Waals surface area contributed by atoms with E-state index in [2.05, 4.69) is 15.5 Å². The lowest BCUT2D eigenvalue weighted by molar-refractivity contribution is 0.365. The lowest BCUT2D eigenvalue weighted by Crippen LogP contribution is -1.99. The third kappa shape index (κ3) is 4.19. The van der Waals surface area contributed by atoms with E-state index in [0.29, 0.717) is 22.2 Å². The summed E-state index contributed by atoms with van der Waals surface area (Å²) < 4.78 is 10.5. The van der Waals surface area contributed by atoms with Crippen LogP contribution in [0, 0.1) is 18.3 Å². The number of methoxy groups -OCH3 is 1. The summed E-state index contributed by atoms with van der Waals surface area (Å²) in [7, 11) is 1.59. The number of ether oxygens (including phenoxy) is 2. The van der Waals surface area contributed by atoms with Gasteiger partial charge in [-0.1, -0.05) is 0 Å². The first-order valence-corrected chi connectivity index (χ1v) is 7.00. The van der Waals surface area contributed by atoms with Crippen LogP contribution in [-0.2, 0) is 0 Å². The van der Waals surface area contributed by atoms with Crippen LogP contribution < -0.4 is 14.9 Å². The summed E-state index contributed by atoms with van der Waals surface area (Å²) >= 11 is 1.48. The maximum absolute atomic E-state index is 8.59. The molecule has 0 amide bonds. The SMILES string of the molecule is COc1ccc(OCC#N)c(C=NNc2nc(C)cs2)c1. The van der Waals surface area contributed by atoms with E-state index in [1.165, 1.54) is 11.3 Å². The van der Waals surface area contributed by atoms with Crippen molar-refractivity contribution in [2.24, 2.45) is 5.10 Å².